The van der Waals surface area contributed by atoms with Gasteiger partial charge in [-0.15, -0.1) is 0 Å². The van der Waals surface area contributed by atoms with Crippen LogP contribution in [0.3, 0.4) is 0 Å². The van der Waals surface area contributed by atoms with Crippen LogP contribution in [-0.4, -0.2) is 32.4 Å². The summed E-state index contributed by atoms with van der Waals surface area (Å²) in [5.74, 6) is 1.59. The van der Waals surface area contributed by atoms with Crippen LogP contribution in [0.15, 0.2) is 22.7 Å². The predicted molar refractivity (Wildman–Crippen MR) is 79.4 cm³/mol. The lowest BCUT2D eigenvalue weighted by molar-refractivity contribution is 0.193. The molecule has 0 saturated carbocycles. The van der Waals surface area contributed by atoms with Crippen molar-refractivity contribution in [2.24, 2.45) is 11.8 Å². The zero-order chi connectivity index (χ0) is 13.7. The maximum atomic E-state index is 9.37. The highest BCUT2D eigenvalue weighted by Gasteiger charge is 2.15. The zero-order valence-corrected chi connectivity index (χ0v) is 13.1. The zero-order valence-electron chi connectivity index (χ0n) is 11.5. The fourth-order valence-corrected chi connectivity index (χ4v) is 2.36. The summed E-state index contributed by atoms with van der Waals surface area (Å²) in [5.41, 5.74) is 1.11. The lowest BCUT2D eigenvalue weighted by Gasteiger charge is -2.27. The van der Waals surface area contributed by atoms with E-state index in [4.69, 9.17) is 4.74 Å². The number of rotatable bonds is 6. The summed E-state index contributed by atoms with van der Waals surface area (Å²) in [6.45, 7) is 5.34. The highest BCUT2D eigenvalue weighted by Crippen LogP contribution is 2.29. The van der Waals surface area contributed by atoms with Gasteiger partial charge in [0, 0.05) is 31.8 Å². The first-order valence-corrected chi connectivity index (χ1v) is 6.94. The van der Waals surface area contributed by atoms with Crippen molar-refractivity contribution in [3.8, 4) is 5.75 Å². The molecular formula is C14H22BrNO2. The predicted octanol–water partition coefficient (Wildman–Crippen LogP) is 3.16. The van der Waals surface area contributed by atoms with Crippen LogP contribution in [0.4, 0.5) is 5.69 Å². The molecule has 1 unspecified atom stereocenters. The van der Waals surface area contributed by atoms with E-state index in [9.17, 15) is 5.11 Å². The topological polar surface area (TPSA) is 32.7 Å². The molecule has 0 spiro atoms. The normalized spacial score (nSPS) is 12.6. The number of anilines is 1. The standard InChI is InChI=1S/C14H22BrNO2/c1-10(2)11(9-17)8-16(3)12-5-6-14(18-4)13(15)7-12/h5-7,10-11,17H,8-9H2,1-4H3. The maximum Gasteiger partial charge on any atom is 0.133 e. The molecule has 0 aromatic heterocycles. The minimum atomic E-state index is 0.222. The lowest BCUT2D eigenvalue weighted by atomic mass is 9.96. The molecule has 0 fully saturated rings. The minimum absolute atomic E-state index is 0.222. The first-order valence-electron chi connectivity index (χ1n) is 6.15. The van der Waals surface area contributed by atoms with Gasteiger partial charge in [-0.2, -0.15) is 0 Å². The van der Waals surface area contributed by atoms with Crippen LogP contribution in [0.25, 0.3) is 0 Å². The Balaban J connectivity index is 2.77. The number of aliphatic hydroxyl groups is 1. The van der Waals surface area contributed by atoms with Crippen LogP contribution in [0.5, 0.6) is 5.75 Å². The molecule has 0 heterocycles. The van der Waals surface area contributed by atoms with Crippen LogP contribution in [0, 0.1) is 11.8 Å². The first kappa shape index (κ1) is 15.3. The van der Waals surface area contributed by atoms with E-state index in [-0.39, 0.29) is 12.5 Å². The van der Waals surface area contributed by atoms with Crippen LogP contribution >= 0.6 is 15.9 Å². The third kappa shape index (κ3) is 3.89. The van der Waals surface area contributed by atoms with Crippen molar-refractivity contribution in [2.45, 2.75) is 13.8 Å². The van der Waals surface area contributed by atoms with Crippen molar-refractivity contribution >= 4 is 21.6 Å². The number of halogens is 1. The average molecular weight is 316 g/mol. The number of aliphatic hydroxyl groups excluding tert-OH is 1. The van der Waals surface area contributed by atoms with E-state index in [1.54, 1.807) is 7.11 Å². The van der Waals surface area contributed by atoms with Crippen molar-refractivity contribution < 1.29 is 9.84 Å². The molecule has 1 aromatic carbocycles. The van der Waals surface area contributed by atoms with Gasteiger partial charge in [-0.05, 0) is 40.0 Å². The van der Waals surface area contributed by atoms with E-state index < -0.39 is 0 Å². The minimum Gasteiger partial charge on any atom is -0.496 e. The number of methoxy groups -OCH3 is 1. The second-order valence-electron chi connectivity index (χ2n) is 4.89. The fourth-order valence-electron chi connectivity index (χ4n) is 1.83. The Morgan fingerprint density at radius 1 is 1.39 bits per heavy atom. The summed E-state index contributed by atoms with van der Waals surface area (Å²) in [4.78, 5) is 2.16. The number of hydrogen-bond donors (Lipinski definition) is 1. The van der Waals surface area contributed by atoms with Gasteiger partial charge in [0.2, 0.25) is 0 Å². The summed E-state index contributed by atoms with van der Waals surface area (Å²) < 4.78 is 6.16. The van der Waals surface area contributed by atoms with Crippen LogP contribution in [-0.2, 0) is 0 Å². The number of nitrogens with zero attached hydrogens (tertiary/aromatic N) is 1. The molecule has 0 amide bonds. The smallest absolute Gasteiger partial charge is 0.133 e. The van der Waals surface area contributed by atoms with Gasteiger partial charge in [-0.1, -0.05) is 13.8 Å². The second-order valence-corrected chi connectivity index (χ2v) is 5.74. The van der Waals surface area contributed by atoms with E-state index in [1.165, 1.54) is 0 Å². The maximum absolute atomic E-state index is 9.37. The monoisotopic (exact) mass is 315 g/mol. The van der Waals surface area contributed by atoms with Gasteiger partial charge in [-0.3, -0.25) is 0 Å². The summed E-state index contributed by atoms with van der Waals surface area (Å²) in [6.07, 6.45) is 0. The molecule has 3 nitrogen and oxygen atoms in total. The molecule has 0 aliphatic rings. The molecule has 4 heteroatoms. The summed E-state index contributed by atoms with van der Waals surface area (Å²) in [5, 5.41) is 9.37. The molecule has 1 atom stereocenters. The highest BCUT2D eigenvalue weighted by molar-refractivity contribution is 9.10. The Bertz CT molecular complexity index is 382. The van der Waals surface area contributed by atoms with Gasteiger partial charge in [0.05, 0.1) is 11.6 Å². The van der Waals surface area contributed by atoms with E-state index >= 15 is 0 Å². The van der Waals surface area contributed by atoms with Crippen molar-refractivity contribution in [2.75, 3.05) is 32.2 Å². The lowest BCUT2D eigenvalue weighted by Crippen LogP contribution is -2.30. The molecule has 102 valence electrons. The van der Waals surface area contributed by atoms with Gasteiger partial charge >= 0.3 is 0 Å². The van der Waals surface area contributed by atoms with E-state index in [0.717, 1.165) is 22.5 Å². The Morgan fingerprint density at radius 3 is 2.50 bits per heavy atom. The average Bonchev–Trinajstić information content (AvgIpc) is 2.35. The Labute approximate surface area is 118 Å². The number of benzene rings is 1. The molecule has 0 aliphatic carbocycles. The second kappa shape index (κ2) is 7.00. The highest BCUT2D eigenvalue weighted by atomic mass is 79.9. The van der Waals surface area contributed by atoms with Crippen molar-refractivity contribution in [1.29, 1.82) is 0 Å². The van der Waals surface area contributed by atoms with Gasteiger partial charge in [-0.25, -0.2) is 0 Å². The molecule has 18 heavy (non-hydrogen) atoms. The molecule has 1 rings (SSSR count). The third-order valence-corrected chi connectivity index (χ3v) is 3.88. The third-order valence-electron chi connectivity index (χ3n) is 3.26. The Morgan fingerprint density at radius 2 is 2.06 bits per heavy atom. The van der Waals surface area contributed by atoms with Gasteiger partial charge in [0.25, 0.3) is 0 Å². The van der Waals surface area contributed by atoms with E-state index in [2.05, 4.69) is 34.7 Å². The molecule has 0 saturated heterocycles. The summed E-state index contributed by atoms with van der Waals surface area (Å²) in [6, 6.07) is 6.01. The molecule has 1 N–H and O–H groups in total. The Hall–Kier alpha value is -0.740. The van der Waals surface area contributed by atoms with E-state index in [1.807, 2.05) is 25.2 Å². The van der Waals surface area contributed by atoms with Crippen molar-refractivity contribution in [3.63, 3.8) is 0 Å². The van der Waals surface area contributed by atoms with Crippen molar-refractivity contribution in [1.82, 2.24) is 0 Å². The quantitative estimate of drug-likeness (QED) is 0.875. The largest absolute Gasteiger partial charge is 0.496 e. The van der Waals surface area contributed by atoms with Gasteiger partial charge < -0.3 is 14.7 Å². The SMILES string of the molecule is COc1ccc(N(C)CC(CO)C(C)C)cc1Br. The molecule has 0 bridgehead atoms. The van der Waals surface area contributed by atoms with Crippen LogP contribution in [0.1, 0.15) is 13.8 Å². The van der Waals surface area contributed by atoms with Gasteiger partial charge in [0.15, 0.2) is 0 Å². The number of ether oxygens (including phenoxy) is 1. The van der Waals surface area contributed by atoms with Crippen molar-refractivity contribution in [3.05, 3.63) is 22.7 Å². The molecule has 1 aromatic rings. The van der Waals surface area contributed by atoms with Crippen LogP contribution < -0.4 is 9.64 Å². The van der Waals surface area contributed by atoms with E-state index in [0.29, 0.717) is 5.92 Å². The fraction of sp³-hybridized carbons (Fsp3) is 0.571. The van der Waals surface area contributed by atoms with Crippen LogP contribution in [0.2, 0.25) is 0 Å². The number of hydrogen-bond acceptors (Lipinski definition) is 3. The molecular weight excluding hydrogens is 294 g/mol. The summed E-state index contributed by atoms with van der Waals surface area (Å²) >= 11 is 3.49. The molecule has 0 aliphatic heterocycles. The first-order chi connectivity index (χ1) is 8.49. The molecule has 0 radical (unpaired) electrons. The van der Waals surface area contributed by atoms with Gasteiger partial charge in [0.1, 0.15) is 5.75 Å². The summed E-state index contributed by atoms with van der Waals surface area (Å²) in [7, 11) is 3.70. The Kier molecular flexibility index (Phi) is 5.96.